The first-order chi connectivity index (χ1) is 10.2. The van der Waals surface area contributed by atoms with E-state index in [1.165, 1.54) is 6.34 Å². The van der Waals surface area contributed by atoms with Crippen molar-refractivity contribution in [3.8, 4) is 5.75 Å². The van der Waals surface area contributed by atoms with Gasteiger partial charge < -0.3 is 4.74 Å². The van der Waals surface area contributed by atoms with Crippen LogP contribution in [0.25, 0.3) is 0 Å². The second-order valence-corrected chi connectivity index (χ2v) is 4.11. The second kappa shape index (κ2) is 5.45. The van der Waals surface area contributed by atoms with E-state index in [2.05, 4.69) is 25.6 Å². The number of H-pyrrole nitrogens is 1. The minimum atomic E-state index is -0.461. The van der Waals surface area contributed by atoms with Crippen molar-refractivity contribution in [3.63, 3.8) is 0 Å². The molecule has 2 N–H and O–H groups in total. The van der Waals surface area contributed by atoms with Crippen LogP contribution in [0.1, 0.15) is 0 Å². The molecule has 0 bridgehead atoms. The number of nitrogens with one attached hydrogen (secondary N) is 2. The molecule has 0 aliphatic carbocycles. The summed E-state index contributed by atoms with van der Waals surface area (Å²) in [7, 11) is 0. The Labute approximate surface area is 118 Å². The molecule has 0 saturated carbocycles. The molecular formula is C13H10N5O3. The van der Waals surface area contributed by atoms with Gasteiger partial charge in [0.15, 0.2) is 18.1 Å². The Hall–Kier alpha value is -3.16. The Balaban J connectivity index is 1.63. The molecule has 21 heavy (non-hydrogen) atoms. The molecule has 1 amide bonds. The van der Waals surface area contributed by atoms with Crippen molar-refractivity contribution in [2.75, 3.05) is 11.9 Å². The van der Waals surface area contributed by atoms with Crippen LogP contribution in [0, 0.1) is 0 Å². The molecular weight excluding hydrogens is 274 g/mol. The van der Waals surface area contributed by atoms with Gasteiger partial charge in [0.2, 0.25) is 5.95 Å². The van der Waals surface area contributed by atoms with Gasteiger partial charge in [-0.15, -0.1) is 0 Å². The van der Waals surface area contributed by atoms with Crippen LogP contribution in [0.5, 0.6) is 5.75 Å². The normalized spacial score (nSPS) is 11.6. The highest BCUT2D eigenvalue weighted by Crippen LogP contribution is 2.21. The van der Waals surface area contributed by atoms with Crippen molar-refractivity contribution < 1.29 is 9.53 Å². The smallest absolute Gasteiger partial charge is 0.280 e. The number of anilines is 1. The Bertz CT molecular complexity index is 754. The Morgan fingerprint density at radius 3 is 2.90 bits per heavy atom. The summed E-state index contributed by atoms with van der Waals surface area (Å²) in [5, 5.41) is 6.25. The SMILES string of the molecule is O=C(COc1ccccc1)Nc1nc2c(c(=O)[nH]1)N=C[N]2. The van der Waals surface area contributed by atoms with Crippen LogP contribution in [0.15, 0.2) is 40.1 Å². The Kier molecular flexibility index (Phi) is 3.34. The summed E-state index contributed by atoms with van der Waals surface area (Å²) < 4.78 is 5.28. The van der Waals surface area contributed by atoms with Crippen LogP contribution in [-0.2, 0) is 4.79 Å². The number of hydrogen-bond acceptors (Lipinski definition) is 5. The lowest BCUT2D eigenvalue weighted by Crippen LogP contribution is -2.23. The fourth-order valence-corrected chi connectivity index (χ4v) is 1.70. The molecule has 0 atom stereocenters. The highest BCUT2D eigenvalue weighted by atomic mass is 16.5. The first kappa shape index (κ1) is 12.9. The van der Waals surface area contributed by atoms with Gasteiger partial charge >= 0.3 is 0 Å². The summed E-state index contributed by atoms with van der Waals surface area (Å²) in [4.78, 5) is 33.5. The molecule has 1 radical (unpaired) electrons. The number of carbonyl (C=O) groups is 1. The summed E-state index contributed by atoms with van der Waals surface area (Å²) in [6.45, 7) is -0.196. The molecule has 1 aromatic heterocycles. The van der Waals surface area contributed by atoms with Crippen LogP contribution in [-0.4, -0.2) is 28.8 Å². The van der Waals surface area contributed by atoms with Crippen LogP contribution in [0.2, 0.25) is 0 Å². The van der Waals surface area contributed by atoms with E-state index in [1.54, 1.807) is 24.3 Å². The standard InChI is InChI=1S/C13H10N5O3/c19-9(6-21-8-4-2-1-3-5-8)16-13-17-11-10(12(20)18-13)14-7-15-11/h1-5,7H,6H2,(H2,16,17,18,19,20). The van der Waals surface area contributed by atoms with Crippen molar-refractivity contribution in [2.45, 2.75) is 0 Å². The number of amides is 1. The highest BCUT2D eigenvalue weighted by Gasteiger charge is 2.16. The maximum Gasteiger partial charge on any atom is 0.280 e. The number of rotatable bonds is 4. The Morgan fingerprint density at radius 1 is 1.29 bits per heavy atom. The predicted molar refractivity (Wildman–Crippen MR) is 75.4 cm³/mol. The van der Waals surface area contributed by atoms with Gasteiger partial charge in [0.25, 0.3) is 11.5 Å². The van der Waals surface area contributed by atoms with Gasteiger partial charge in [-0.1, -0.05) is 18.2 Å². The van der Waals surface area contributed by atoms with Crippen molar-refractivity contribution in [1.29, 1.82) is 0 Å². The number of carbonyl (C=O) groups excluding carboxylic acids is 1. The topological polar surface area (TPSA) is 111 Å². The molecule has 2 aromatic rings. The maximum atomic E-state index is 11.7. The van der Waals surface area contributed by atoms with E-state index < -0.39 is 11.5 Å². The second-order valence-electron chi connectivity index (χ2n) is 4.11. The van der Waals surface area contributed by atoms with Crippen molar-refractivity contribution in [1.82, 2.24) is 15.3 Å². The molecule has 1 aliphatic heterocycles. The van der Waals surface area contributed by atoms with E-state index in [-0.39, 0.29) is 24.1 Å². The number of aromatic amines is 1. The number of aromatic nitrogens is 2. The zero-order valence-corrected chi connectivity index (χ0v) is 10.7. The lowest BCUT2D eigenvalue weighted by atomic mass is 10.3. The molecule has 0 fully saturated rings. The average Bonchev–Trinajstić information content (AvgIpc) is 2.95. The molecule has 2 heterocycles. The molecule has 0 unspecified atom stereocenters. The molecule has 0 saturated heterocycles. The summed E-state index contributed by atoms with van der Waals surface area (Å²) >= 11 is 0. The summed E-state index contributed by atoms with van der Waals surface area (Å²) in [5.74, 6) is 0.319. The number of ether oxygens (including phenoxy) is 1. The number of hydrogen-bond donors (Lipinski definition) is 2. The zero-order valence-electron chi connectivity index (χ0n) is 10.7. The number of para-hydroxylation sites is 1. The fourth-order valence-electron chi connectivity index (χ4n) is 1.70. The number of fused-ring (bicyclic) bond motifs is 1. The summed E-state index contributed by atoms with van der Waals surface area (Å²) in [6, 6.07) is 8.91. The number of benzene rings is 1. The van der Waals surface area contributed by atoms with Gasteiger partial charge in [0.1, 0.15) is 12.1 Å². The lowest BCUT2D eigenvalue weighted by molar-refractivity contribution is -0.118. The molecule has 0 spiro atoms. The average molecular weight is 284 g/mol. The predicted octanol–water partition coefficient (Wildman–Crippen LogP) is 0.697. The monoisotopic (exact) mass is 284 g/mol. The van der Waals surface area contributed by atoms with Gasteiger partial charge in [-0.3, -0.25) is 19.9 Å². The number of nitrogens with zero attached hydrogens (tertiary/aromatic N) is 3. The molecule has 1 aromatic carbocycles. The highest BCUT2D eigenvalue weighted by molar-refractivity contribution is 5.90. The zero-order chi connectivity index (χ0) is 14.7. The maximum absolute atomic E-state index is 11.7. The van der Waals surface area contributed by atoms with Crippen molar-refractivity contribution >= 4 is 29.7 Å². The third-order valence-electron chi connectivity index (χ3n) is 2.61. The van der Waals surface area contributed by atoms with E-state index >= 15 is 0 Å². The molecule has 3 rings (SSSR count). The third kappa shape index (κ3) is 2.89. The molecule has 8 nitrogen and oxygen atoms in total. The van der Waals surface area contributed by atoms with Crippen LogP contribution in [0.4, 0.5) is 17.5 Å². The minimum absolute atomic E-state index is 0.00895. The van der Waals surface area contributed by atoms with E-state index in [0.717, 1.165) is 0 Å². The van der Waals surface area contributed by atoms with Gasteiger partial charge in [-0.05, 0) is 12.1 Å². The van der Waals surface area contributed by atoms with E-state index in [0.29, 0.717) is 5.75 Å². The van der Waals surface area contributed by atoms with Crippen LogP contribution >= 0.6 is 0 Å². The molecule has 8 heteroatoms. The summed E-state index contributed by atoms with van der Waals surface area (Å²) in [5.41, 5.74) is -0.328. The van der Waals surface area contributed by atoms with E-state index in [1.807, 2.05) is 6.07 Å². The quantitative estimate of drug-likeness (QED) is 0.860. The van der Waals surface area contributed by atoms with Crippen LogP contribution < -0.4 is 20.9 Å². The third-order valence-corrected chi connectivity index (χ3v) is 2.61. The lowest BCUT2D eigenvalue weighted by Gasteiger charge is -2.07. The van der Waals surface area contributed by atoms with E-state index in [9.17, 15) is 9.59 Å². The Morgan fingerprint density at radius 2 is 2.10 bits per heavy atom. The van der Waals surface area contributed by atoms with Gasteiger partial charge in [-0.25, -0.2) is 10.3 Å². The molecule has 1 aliphatic rings. The fraction of sp³-hybridized carbons (Fsp3) is 0.0769. The van der Waals surface area contributed by atoms with E-state index in [4.69, 9.17) is 4.74 Å². The van der Waals surface area contributed by atoms with Crippen molar-refractivity contribution in [2.24, 2.45) is 4.99 Å². The first-order valence-corrected chi connectivity index (χ1v) is 6.08. The minimum Gasteiger partial charge on any atom is -0.484 e. The van der Waals surface area contributed by atoms with Gasteiger partial charge in [0.05, 0.1) is 0 Å². The van der Waals surface area contributed by atoms with Gasteiger partial charge in [0, 0.05) is 0 Å². The first-order valence-electron chi connectivity index (χ1n) is 6.08. The summed E-state index contributed by atoms with van der Waals surface area (Å²) in [6.07, 6.45) is 1.23. The van der Waals surface area contributed by atoms with Gasteiger partial charge in [-0.2, -0.15) is 4.98 Å². The van der Waals surface area contributed by atoms with Crippen LogP contribution in [0.3, 0.4) is 0 Å². The molecule has 105 valence electrons. The van der Waals surface area contributed by atoms with Crippen molar-refractivity contribution in [3.05, 3.63) is 40.7 Å². The largest absolute Gasteiger partial charge is 0.484 e. The number of aliphatic imine (C=N–C) groups is 1.